The molecule has 12 heteroatoms. The van der Waals surface area contributed by atoms with Crippen LogP contribution in [-0.2, 0) is 6.54 Å². The molecule has 7 N–H and O–H groups in total. The number of rotatable bonds is 7. The van der Waals surface area contributed by atoms with Crippen LogP contribution in [0.15, 0.2) is 48.5 Å². The van der Waals surface area contributed by atoms with Gasteiger partial charge in [0.2, 0.25) is 5.91 Å². The number of hydrogen-bond donors (Lipinski definition) is 5. The second-order valence-corrected chi connectivity index (χ2v) is 7.37. The number of hydrogen-bond acceptors (Lipinski definition) is 8. The highest BCUT2D eigenvalue weighted by molar-refractivity contribution is 6.58. The fraction of sp³-hybridized carbons (Fsp3) is 0.0952. The standard InChI is InChI=1S/C21H20BN7O4/c1-11-8-15-14(18(23)30)6-3-7-16(15)29(11)21-26-20(17(19(24)31)27-28-21)25-10-12-4-2-5-13(9-12)22(32)33/h2-9,32-33H,10H2,1H3,(H2,23,30)(H2,24,31)(H,25,26,28). The van der Waals surface area contributed by atoms with Crippen LogP contribution in [0.5, 0.6) is 0 Å². The third kappa shape index (κ3) is 4.24. The molecule has 11 nitrogen and oxygen atoms in total. The van der Waals surface area contributed by atoms with Crippen molar-refractivity contribution in [1.29, 1.82) is 0 Å². The molecule has 2 heterocycles. The van der Waals surface area contributed by atoms with Gasteiger partial charge in [-0.15, -0.1) is 10.2 Å². The van der Waals surface area contributed by atoms with Crippen LogP contribution < -0.4 is 22.2 Å². The summed E-state index contributed by atoms with van der Waals surface area (Å²) in [6, 6.07) is 13.5. The first-order chi connectivity index (χ1) is 15.8. The van der Waals surface area contributed by atoms with Crippen LogP contribution in [0.25, 0.3) is 16.9 Å². The Labute approximate surface area is 188 Å². The van der Waals surface area contributed by atoms with Crippen LogP contribution in [0.4, 0.5) is 5.82 Å². The molecule has 33 heavy (non-hydrogen) atoms. The quantitative estimate of drug-likeness (QED) is 0.238. The number of aromatic nitrogens is 4. The lowest BCUT2D eigenvalue weighted by Gasteiger charge is -2.12. The Morgan fingerprint density at radius 1 is 1.06 bits per heavy atom. The third-order valence-electron chi connectivity index (χ3n) is 5.11. The largest absolute Gasteiger partial charge is 0.488 e. The van der Waals surface area contributed by atoms with Gasteiger partial charge in [0.05, 0.1) is 5.52 Å². The van der Waals surface area contributed by atoms with E-state index in [1.54, 1.807) is 53.1 Å². The normalized spacial score (nSPS) is 10.9. The number of fused-ring (bicyclic) bond motifs is 1. The van der Waals surface area contributed by atoms with Gasteiger partial charge in [-0.25, -0.2) is 0 Å². The van der Waals surface area contributed by atoms with Crippen molar-refractivity contribution in [2.24, 2.45) is 11.5 Å². The van der Waals surface area contributed by atoms with Gasteiger partial charge in [-0.2, -0.15) is 4.98 Å². The number of anilines is 1. The monoisotopic (exact) mass is 445 g/mol. The van der Waals surface area contributed by atoms with E-state index in [0.29, 0.717) is 27.5 Å². The minimum absolute atomic E-state index is 0.106. The van der Waals surface area contributed by atoms with Gasteiger partial charge in [-0.05, 0) is 36.1 Å². The van der Waals surface area contributed by atoms with Crippen molar-refractivity contribution in [3.05, 3.63) is 71.0 Å². The molecule has 0 spiro atoms. The molecule has 4 aromatic rings. The Hall–Kier alpha value is -4.29. The molecule has 0 aliphatic heterocycles. The summed E-state index contributed by atoms with van der Waals surface area (Å²) in [5, 5.41) is 30.4. The van der Waals surface area contributed by atoms with Crippen LogP contribution in [0.1, 0.15) is 32.1 Å². The van der Waals surface area contributed by atoms with Crippen molar-refractivity contribution in [3.8, 4) is 5.95 Å². The summed E-state index contributed by atoms with van der Waals surface area (Å²) in [6.45, 7) is 2.02. The number of primary amides is 2. The Morgan fingerprint density at radius 3 is 2.52 bits per heavy atom. The van der Waals surface area contributed by atoms with Gasteiger partial charge in [0, 0.05) is 23.2 Å². The molecule has 0 unspecified atom stereocenters. The van der Waals surface area contributed by atoms with Crippen molar-refractivity contribution in [1.82, 2.24) is 19.7 Å². The maximum atomic E-state index is 11.9. The summed E-state index contributed by atoms with van der Waals surface area (Å²) < 4.78 is 1.69. The lowest BCUT2D eigenvalue weighted by molar-refractivity contribution is 0.0989. The molecule has 0 atom stereocenters. The Balaban J connectivity index is 1.75. The van der Waals surface area contributed by atoms with Crippen LogP contribution >= 0.6 is 0 Å². The topological polar surface area (TPSA) is 182 Å². The summed E-state index contributed by atoms with van der Waals surface area (Å²) in [7, 11) is -1.60. The Morgan fingerprint density at radius 2 is 1.82 bits per heavy atom. The van der Waals surface area contributed by atoms with E-state index >= 15 is 0 Å². The first-order valence-electron chi connectivity index (χ1n) is 9.91. The number of nitrogens with zero attached hydrogens (tertiary/aromatic N) is 4. The fourth-order valence-corrected chi connectivity index (χ4v) is 3.59. The zero-order valence-electron chi connectivity index (χ0n) is 17.6. The van der Waals surface area contributed by atoms with Crippen LogP contribution in [0, 0.1) is 6.92 Å². The van der Waals surface area contributed by atoms with Gasteiger partial charge >= 0.3 is 7.12 Å². The minimum atomic E-state index is -1.60. The maximum Gasteiger partial charge on any atom is 0.488 e. The van der Waals surface area contributed by atoms with Gasteiger partial charge < -0.3 is 26.8 Å². The summed E-state index contributed by atoms with van der Waals surface area (Å²) in [5.41, 5.74) is 13.6. The molecule has 0 aliphatic rings. The predicted octanol–water partition coefficient (Wildman–Crippen LogP) is -0.386. The molecule has 2 aromatic carbocycles. The summed E-state index contributed by atoms with van der Waals surface area (Å²) >= 11 is 0. The van der Waals surface area contributed by atoms with E-state index in [-0.39, 0.29) is 24.0 Å². The molecule has 2 aromatic heterocycles. The van der Waals surface area contributed by atoms with Gasteiger partial charge in [0.1, 0.15) is 0 Å². The number of aryl methyl sites for hydroxylation is 1. The van der Waals surface area contributed by atoms with E-state index in [4.69, 9.17) is 11.5 Å². The highest BCUT2D eigenvalue weighted by Gasteiger charge is 2.19. The molecule has 0 saturated carbocycles. The SMILES string of the molecule is Cc1cc2c(C(N)=O)cccc2n1-c1nnc(C(N)=O)c(NCc2cccc(B(O)O)c2)n1. The molecule has 0 aliphatic carbocycles. The van der Waals surface area contributed by atoms with Crippen LogP contribution in [-0.4, -0.2) is 48.7 Å². The van der Waals surface area contributed by atoms with Crippen molar-refractivity contribution in [3.63, 3.8) is 0 Å². The van der Waals surface area contributed by atoms with Crippen molar-refractivity contribution < 1.29 is 19.6 Å². The van der Waals surface area contributed by atoms with E-state index in [2.05, 4.69) is 20.5 Å². The van der Waals surface area contributed by atoms with Gasteiger partial charge in [-0.3, -0.25) is 14.2 Å². The third-order valence-corrected chi connectivity index (χ3v) is 5.11. The maximum absolute atomic E-state index is 11.9. The highest BCUT2D eigenvalue weighted by atomic mass is 16.4. The van der Waals surface area contributed by atoms with E-state index in [1.807, 2.05) is 6.92 Å². The molecule has 4 rings (SSSR count). The van der Waals surface area contributed by atoms with Crippen molar-refractivity contribution in [2.75, 3.05) is 5.32 Å². The Bertz CT molecular complexity index is 1390. The smallest absolute Gasteiger partial charge is 0.423 e. The highest BCUT2D eigenvalue weighted by Crippen LogP contribution is 2.26. The molecule has 0 bridgehead atoms. The fourth-order valence-electron chi connectivity index (χ4n) is 3.59. The van der Waals surface area contributed by atoms with Gasteiger partial charge in [0.25, 0.3) is 11.9 Å². The zero-order chi connectivity index (χ0) is 23.7. The lowest BCUT2D eigenvalue weighted by Crippen LogP contribution is -2.30. The lowest BCUT2D eigenvalue weighted by atomic mass is 9.80. The summed E-state index contributed by atoms with van der Waals surface area (Å²) in [4.78, 5) is 28.2. The summed E-state index contributed by atoms with van der Waals surface area (Å²) in [5.74, 6) is -1.10. The molecule has 2 amide bonds. The van der Waals surface area contributed by atoms with Gasteiger partial charge in [0.15, 0.2) is 11.5 Å². The van der Waals surface area contributed by atoms with Crippen molar-refractivity contribution in [2.45, 2.75) is 13.5 Å². The molecular weight excluding hydrogens is 425 g/mol. The van der Waals surface area contributed by atoms with E-state index in [0.717, 1.165) is 5.69 Å². The second-order valence-electron chi connectivity index (χ2n) is 7.37. The minimum Gasteiger partial charge on any atom is -0.423 e. The molecular formula is C21H20BN7O4. The molecule has 0 saturated heterocycles. The number of nitrogens with two attached hydrogens (primary N) is 2. The second kappa shape index (κ2) is 8.69. The number of carbonyl (C=O) groups excluding carboxylic acids is 2. The van der Waals surface area contributed by atoms with Crippen LogP contribution in [0.3, 0.4) is 0 Å². The van der Waals surface area contributed by atoms with Crippen LogP contribution in [0.2, 0.25) is 0 Å². The number of benzene rings is 2. The van der Waals surface area contributed by atoms with Gasteiger partial charge in [-0.1, -0.05) is 30.3 Å². The number of carbonyl (C=O) groups is 2. The molecule has 0 radical (unpaired) electrons. The molecule has 166 valence electrons. The van der Waals surface area contributed by atoms with E-state index in [1.165, 1.54) is 0 Å². The first kappa shape index (κ1) is 21.9. The number of amides is 2. The average Bonchev–Trinajstić information content (AvgIpc) is 3.13. The average molecular weight is 445 g/mol. The molecule has 0 fully saturated rings. The predicted molar refractivity (Wildman–Crippen MR) is 122 cm³/mol. The number of nitrogens with one attached hydrogen (secondary N) is 1. The Kier molecular flexibility index (Phi) is 5.77. The first-order valence-corrected chi connectivity index (χ1v) is 9.91. The van der Waals surface area contributed by atoms with E-state index < -0.39 is 18.9 Å². The van der Waals surface area contributed by atoms with E-state index in [9.17, 15) is 19.6 Å². The summed E-state index contributed by atoms with van der Waals surface area (Å²) in [6.07, 6.45) is 0. The van der Waals surface area contributed by atoms with Crippen molar-refractivity contribution >= 4 is 41.1 Å². The zero-order valence-corrected chi connectivity index (χ0v) is 17.6.